The number of benzene rings is 3. The summed E-state index contributed by atoms with van der Waals surface area (Å²) >= 11 is 5.00. The highest BCUT2D eigenvalue weighted by molar-refractivity contribution is 9.10. The van der Waals surface area contributed by atoms with Crippen LogP contribution in [0.5, 0.6) is 5.75 Å². The molecule has 0 fully saturated rings. The van der Waals surface area contributed by atoms with Crippen molar-refractivity contribution in [2.45, 2.75) is 0 Å². The summed E-state index contributed by atoms with van der Waals surface area (Å²) in [6, 6.07) is 23.0. The second-order valence-electron chi connectivity index (χ2n) is 6.74. The molecule has 0 saturated heterocycles. The van der Waals surface area contributed by atoms with Crippen LogP contribution in [-0.2, 0) is 0 Å². The van der Waals surface area contributed by atoms with Crippen LogP contribution in [0.2, 0.25) is 0 Å². The van der Waals surface area contributed by atoms with E-state index in [4.69, 9.17) is 4.98 Å². The minimum atomic E-state index is 0.145. The Balaban J connectivity index is 1.60. The van der Waals surface area contributed by atoms with E-state index in [0.29, 0.717) is 17.2 Å². The molecule has 3 N–H and O–H groups in total. The molecule has 0 atom stereocenters. The highest BCUT2D eigenvalue weighted by Crippen LogP contribution is 2.40. The number of nitrogens with one attached hydrogen (secondary N) is 2. The number of aromatic hydroxyl groups is 1. The van der Waals surface area contributed by atoms with E-state index in [2.05, 4.69) is 36.4 Å². The molecule has 0 aliphatic carbocycles. The number of hydrogen-bond acceptors (Lipinski definition) is 6. The quantitative estimate of drug-likeness (QED) is 0.241. The Morgan fingerprint density at radius 2 is 1.84 bits per heavy atom. The first kappa shape index (κ1) is 19.5. The van der Waals surface area contributed by atoms with E-state index in [1.165, 1.54) is 0 Å². The topological polar surface area (TPSA) is 86.2 Å². The summed E-state index contributed by atoms with van der Waals surface area (Å²) in [4.78, 5) is 9.36. The van der Waals surface area contributed by atoms with Crippen molar-refractivity contribution in [3.05, 3.63) is 82.8 Å². The highest BCUT2D eigenvalue weighted by atomic mass is 79.9. The summed E-state index contributed by atoms with van der Waals surface area (Å²) in [5.41, 5.74) is 3.21. The van der Waals surface area contributed by atoms with Crippen LogP contribution in [0.25, 0.3) is 20.8 Å². The number of H-pyrrole nitrogens is 1. The second-order valence-corrected chi connectivity index (χ2v) is 8.68. The summed E-state index contributed by atoms with van der Waals surface area (Å²) < 4.78 is 1.94. The van der Waals surface area contributed by atoms with Crippen molar-refractivity contribution in [1.29, 1.82) is 0 Å². The number of thiazole rings is 1. The Kier molecular flexibility index (Phi) is 5.23. The molecule has 0 aliphatic heterocycles. The maximum absolute atomic E-state index is 10.1. The average Bonchev–Trinajstić information content (AvgIpc) is 3.38. The van der Waals surface area contributed by atoms with Gasteiger partial charge in [-0.2, -0.15) is 5.10 Å². The third-order valence-electron chi connectivity index (χ3n) is 4.61. The van der Waals surface area contributed by atoms with E-state index in [1.54, 1.807) is 35.8 Å². The van der Waals surface area contributed by atoms with Crippen molar-refractivity contribution in [3.63, 3.8) is 0 Å². The predicted octanol–water partition coefficient (Wildman–Crippen LogP) is 6.65. The van der Waals surface area contributed by atoms with Gasteiger partial charge in [-0.05, 0) is 42.5 Å². The minimum Gasteiger partial charge on any atom is -0.507 e. The molecular weight excluding hydrogens is 474 g/mol. The van der Waals surface area contributed by atoms with E-state index >= 15 is 0 Å². The van der Waals surface area contributed by atoms with Gasteiger partial charge in [0.1, 0.15) is 16.6 Å². The van der Waals surface area contributed by atoms with E-state index in [-0.39, 0.29) is 5.75 Å². The molecule has 5 aromatic rings. The van der Waals surface area contributed by atoms with E-state index in [0.717, 1.165) is 30.9 Å². The molecule has 3 aromatic carbocycles. The van der Waals surface area contributed by atoms with Crippen molar-refractivity contribution < 1.29 is 5.11 Å². The van der Waals surface area contributed by atoms with Gasteiger partial charge in [-0.15, -0.1) is 11.3 Å². The molecule has 0 aliphatic rings. The van der Waals surface area contributed by atoms with Crippen LogP contribution in [0.1, 0.15) is 5.56 Å². The number of nitrogens with zero attached hydrogens (tertiary/aromatic N) is 3. The van der Waals surface area contributed by atoms with Crippen LogP contribution in [0.15, 0.2) is 82.3 Å². The standard InChI is InChI=1S/C23H16BrN5OS/c24-15-10-11-18(30)14(12-15)13-25-21-20(23-27-17-8-4-5-9-19(17)31-23)22(29-28-21)26-16-6-2-1-3-7-16/h1-13,30H,(H2,26,28,29). The first-order valence-corrected chi connectivity index (χ1v) is 11.1. The maximum atomic E-state index is 10.1. The van der Waals surface area contributed by atoms with Crippen LogP contribution in [0, 0.1) is 0 Å². The number of rotatable bonds is 5. The van der Waals surface area contributed by atoms with Crippen molar-refractivity contribution in [2.24, 2.45) is 4.99 Å². The molecule has 2 aromatic heterocycles. The average molecular weight is 490 g/mol. The Morgan fingerprint density at radius 1 is 1.03 bits per heavy atom. The first-order chi connectivity index (χ1) is 15.2. The van der Waals surface area contributed by atoms with Gasteiger partial charge < -0.3 is 10.4 Å². The summed E-state index contributed by atoms with van der Waals surface area (Å²) in [5.74, 6) is 1.33. The molecule has 0 radical (unpaired) electrons. The lowest BCUT2D eigenvalue weighted by Gasteiger charge is -2.05. The molecule has 0 saturated carbocycles. The minimum absolute atomic E-state index is 0.145. The molecule has 152 valence electrons. The van der Waals surface area contributed by atoms with Crippen molar-refractivity contribution in [3.8, 4) is 16.3 Å². The number of fused-ring (bicyclic) bond motifs is 1. The number of anilines is 2. The fourth-order valence-corrected chi connectivity index (χ4v) is 4.51. The van der Waals surface area contributed by atoms with Gasteiger partial charge in [-0.25, -0.2) is 9.98 Å². The monoisotopic (exact) mass is 489 g/mol. The maximum Gasteiger partial charge on any atom is 0.186 e. The van der Waals surface area contributed by atoms with Crippen molar-refractivity contribution in [2.75, 3.05) is 5.32 Å². The second kappa shape index (κ2) is 8.33. The molecular formula is C23H16BrN5OS. The van der Waals surface area contributed by atoms with Crippen LogP contribution in [0.4, 0.5) is 17.3 Å². The number of aromatic nitrogens is 3. The van der Waals surface area contributed by atoms with E-state index in [1.807, 2.05) is 54.6 Å². The zero-order chi connectivity index (χ0) is 21.2. The number of phenolic OH excluding ortho intramolecular Hbond substituents is 1. The van der Waals surface area contributed by atoms with Crippen LogP contribution >= 0.6 is 27.3 Å². The fourth-order valence-electron chi connectivity index (χ4n) is 3.12. The van der Waals surface area contributed by atoms with Crippen LogP contribution < -0.4 is 5.32 Å². The zero-order valence-electron chi connectivity index (χ0n) is 16.1. The SMILES string of the molecule is Oc1ccc(Br)cc1C=Nc1n[nH]c(Nc2ccccc2)c1-c1nc2ccccc2s1. The molecule has 2 heterocycles. The summed E-state index contributed by atoms with van der Waals surface area (Å²) in [5, 5.41) is 21.8. The molecule has 8 heteroatoms. The zero-order valence-corrected chi connectivity index (χ0v) is 18.5. The number of aromatic amines is 1. The molecule has 0 bridgehead atoms. The number of aliphatic imine (C=N–C) groups is 1. The van der Waals surface area contributed by atoms with Crippen LogP contribution in [0.3, 0.4) is 0 Å². The highest BCUT2D eigenvalue weighted by Gasteiger charge is 2.19. The lowest BCUT2D eigenvalue weighted by molar-refractivity contribution is 0.474. The largest absolute Gasteiger partial charge is 0.507 e. The van der Waals surface area contributed by atoms with Gasteiger partial charge in [0.2, 0.25) is 0 Å². The van der Waals surface area contributed by atoms with Gasteiger partial charge in [-0.3, -0.25) is 5.10 Å². The van der Waals surface area contributed by atoms with Gasteiger partial charge in [-0.1, -0.05) is 46.3 Å². The van der Waals surface area contributed by atoms with Gasteiger partial charge >= 0.3 is 0 Å². The lowest BCUT2D eigenvalue weighted by atomic mass is 10.2. The Bertz CT molecular complexity index is 1360. The number of phenols is 1. The van der Waals surface area contributed by atoms with Crippen molar-refractivity contribution in [1.82, 2.24) is 15.2 Å². The lowest BCUT2D eigenvalue weighted by Crippen LogP contribution is -1.92. The molecule has 6 nitrogen and oxygen atoms in total. The summed E-state index contributed by atoms with van der Waals surface area (Å²) in [6.07, 6.45) is 1.60. The summed E-state index contributed by atoms with van der Waals surface area (Å²) in [6.45, 7) is 0. The molecule has 0 spiro atoms. The van der Waals surface area contributed by atoms with Gasteiger partial charge in [0, 0.05) is 21.9 Å². The van der Waals surface area contributed by atoms with Gasteiger partial charge in [0.15, 0.2) is 5.82 Å². The molecule has 31 heavy (non-hydrogen) atoms. The van der Waals surface area contributed by atoms with E-state index in [9.17, 15) is 5.11 Å². The third-order valence-corrected chi connectivity index (χ3v) is 6.16. The molecule has 0 amide bonds. The smallest absolute Gasteiger partial charge is 0.186 e. The number of halogens is 1. The Morgan fingerprint density at radius 3 is 2.68 bits per heavy atom. The Labute approximate surface area is 190 Å². The number of hydrogen-bond donors (Lipinski definition) is 3. The molecule has 5 rings (SSSR count). The third kappa shape index (κ3) is 4.08. The number of para-hydroxylation sites is 2. The fraction of sp³-hybridized carbons (Fsp3) is 0. The summed E-state index contributed by atoms with van der Waals surface area (Å²) in [7, 11) is 0. The van der Waals surface area contributed by atoms with Gasteiger partial charge in [0.25, 0.3) is 0 Å². The predicted molar refractivity (Wildman–Crippen MR) is 130 cm³/mol. The Hall–Kier alpha value is -3.49. The normalized spacial score (nSPS) is 11.4. The van der Waals surface area contributed by atoms with E-state index < -0.39 is 0 Å². The molecule has 0 unspecified atom stereocenters. The van der Waals surface area contributed by atoms with Crippen molar-refractivity contribution >= 4 is 61.0 Å². The first-order valence-electron chi connectivity index (χ1n) is 9.46. The van der Waals surface area contributed by atoms with Crippen LogP contribution in [-0.4, -0.2) is 26.5 Å². The van der Waals surface area contributed by atoms with Gasteiger partial charge in [0.05, 0.1) is 15.8 Å².